The summed E-state index contributed by atoms with van der Waals surface area (Å²) in [6.07, 6.45) is 1.40. The second kappa shape index (κ2) is 8.80. The van der Waals surface area contributed by atoms with Crippen LogP contribution in [-0.4, -0.2) is 65.6 Å². The van der Waals surface area contributed by atoms with E-state index in [9.17, 15) is 14.0 Å². The van der Waals surface area contributed by atoms with E-state index in [1.165, 1.54) is 12.1 Å². The number of hydrogen-bond donors (Lipinski definition) is 1. The average Bonchev–Trinajstić information content (AvgIpc) is 2.61. The molecule has 25 heavy (non-hydrogen) atoms. The fourth-order valence-corrected chi connectivity index (χ4v) is 3.25. The Morgan fingerprint density at radius 3 is 2.56 bits per heavy atom. The molecule has 138 valence electrons. The SMILES string of the molecule is CCOc1c(F)cccc1C(=O)N1CCC(N(CC)CC(=O)O)CC1. The highest BCUT2D eigenvalue weighted by Gasteiger charge is 2.29. The van der Waals surface area contributed by atoms with Gasteiger partial charge in [0, 0.05) is 19.1 Å². The molecule has 1 amide bonds. The highest BCUT2D eigenvalue weighted by molar-refractivity contribution is 5.97. The van der Waals surface area contributed by atoms with Crippen LogP contribution in [0.3, 0.4) is 0 Å². The Labute approximate surface area is 147 Å². The van der Waals surface area contributed by atoms with Crippen molar-refractivity contribution in [3.8, 4) is 5.75 Å². The van der Waals surface area contributed by atoms with Crippen LogP contribution in [0.2, 0.25) is 0 Å². The molecule has 0 bridgehead atoms. The summed E-state index contributed by atoms with van der Waals surface area (Å²) in [6, 6.07) is 4.50. The summed E-state index contributed by atoms with van der Waals surface area (Å²) in [7, 11) is 0. The molecule has 0 saturated carbocycles. The zero-order chi connectivity index (χ0) is 18.4. The molecule has 7 heteroatoms. The number of likely N-dealkylation sites (N-methyl/N-ethyl adjacent to an activating group) is 1. The first-order valence-corrected chi connectivity index (χ1v) is 8.64. The lowest BCUT2D eigenvalue weighted by Crippen LogP contribution is -2.48. The maximum absolute atomic E-state index is 13.9. The van der Waals surface area contributed by atoms with E-state index in [1.54, 1.807) is 17.9 Å². The molecule has 0 radical (unpaired) electrons. The van der Waals surface area contributed by atoms with Gasteiger partial charge in [-0.15, -0.1) is 0 Å². The van der Waals surface area contributed by atoms with Crippen molar-refractivity contribution < 1.29 is 23.8 Å². The number of ether oxygens (including phenoxy) is 1. The maximum atomic E-state index is 13.9. The van der Waals surface area contributed by atoms with Gasteiger partial charge in [0.15, 0.2) is 11.6 Å². The predicted molar refractivity (Wildman–Crippen MR) is 91.4 cm³/mol. The quantitative estimate of drug-likeness (QED) is 0.815. The lowest BCUT2D eigenvalue weighted by atomic mass is 10.0. The minimum absolute atomic E-state index is 0.00168. The number of amides is 1. The van der Waals surface area contributed by atoms with E-state index >= 15 is 0 Å². The number of likely N-dealkylation sites (tertiary alicyclic amines) is 1. The van der Waals surface area contributed by atoms with Gasteiger partial charge in [-0.2, -0.15) is 0 Å². The van der Waals surface area contributed by atoms with E-state index in [4.69, 9.17) is 9.84 Å². The van der Waals surface area contributed by atoms with Crippen molar-refractivity contribution in [2.24, 2.45) is 0 Å². The molecule has 0 aromatic heterocycles. The standard InChI is InChI=1S/C18H25FN2O4/c1-3-20(12-16(22)23)13-8-10-21(11-9-13)18(24)14-6-5-7-15(19)17(14)25-4-2/h5-7,13H,3-4,8-12H2,1-2H3,(H,22,23). The van der Waals surface area contributed by atoms with Crippen LogP contribution in [0.1, 0.15) is 37.0 Å². The van der Waals surface area contributed by atoms with E-state index in [1.807, 2.05) is 11.8 Å². The first-order valence-electron chi connectivity index (χ1n) is 8.64. The molecule has 6 nitrogen and oxygen atoms in total. The van der Waals surface area contributed by atoms with Gasteiger partial charge in [-0.3, -0.25) is 14.5 Å². The molecule has 1 aromatic carbocycles. The molecule has 0 aliphatic carbocycles. The lowest BCUT2D eigenvalue weighted by molar-refractivity contribution is -0.139. The zero-order valence-electron chi connectivity index (χ0n) is 14.7. The number of nitrogens with zero attached hydrogens (tertiary/aromatic N) is 2. The first kappa shape index (κ1) is 19.2. The van der Waals surface area contributed by atoms with Gasteiger partial charge in [-0.25, -0.2) is 4.39 Å². The predicted octanol–water partition coefficient (Wildman–Crippen LogP) is 2.24. The number of para-hydroxylation sites is 1. The van der Waals surface area contributed by atoms with E-state index in [-0.39, 0.29) is 36.4 Å². The smallest absolute Gasteiger partial charge is 0.317 e. The average molecular weight is 352 g/mol. The number of rotatable bonds is 7. The van der Waals surface area contributed by atoms with Crippen molar-refractivity contribution in [3.63, 3.8) is 0 Å². The molecule has 1 aliphatic rings. The Hall–Kier alpha value is -2.15. The third-order valence-electron chi connectivity index (χ3n) is 4.50. The molecule has 0 atom stereocenters. The Morgan fingerprint density at radius 2 is 2.00 bits per heavy atom. The van der Waals surface area contributed by atoms with Crippen molar-refractivity contribution in [2.45, 2.75) is 32.7 Å². The number of halogens is 1. The van der Waals surface area contributed by atoms with E-state index in [0.717, 1.165) is 0 Å². The van der Waals surface area contributed by atoms with Crippen molar-refractivity contribution in [1.29, 1.82) is 0 Å². The van der Waals surface area contributed by atoms with Crippen molar-refractivity contribution in [3.05, 3.63) is 29.6 Å². The summed E-state index contributed by atoms with van der Waals surface area (Å²) in [5, 5.41) is 8.99. The molecule has 1 aromatic rings. The second-order valence-electron chi connectivity index (χ2n) is 6.03. The van der Waals surface area contributed by atoms with Crippen molar-refractivity contribution in [1.82, 2.24) is 9.80 Å². The molecule has 1 heterocycles. The van der Waals surface area contributed by atoms with Crippen LogP contribution >= 0.6 is 0 Å². The number of carbonyl (C=O) groups is 2. The molecule has 0 spiro atoms. The molecule has 2 rings (SSSR count). The topological polar surface area (TPSA) is 70.1 Å². The van der Waals surface area contributed by atoms with Gasteiger partial charge in [-0.1, -0.05) is 13.0 Å². The van der Waals surface area contributed by atoms with Gasteiger partial charge in [0.05, 0.1) is 18.7 Å². The number of aliphatic carboxylic acids is 1. The largest absolute Gasteiger partial charge is 0.490 e. The van der Waals surface area contributed by atoms with Crippen LogP contribution in [0.4, 0.5) is 4.39 Å². The highest BCUT2D eigenvalue weighted by Crippen LogP contribution is 2.26. The molecule has 1 N–H and O–H groups in total. The van der Waals surface area contributed by atoms with Crippen LogP contribution in [0.15, 0.2) is 18.2 Å². The van der Waals surface area contributed by atoms with Crippen LogP contribution in [0.25, 0.3) is 0 Å². The Balaban J connectivity index is 2.04. The van der Waals surface area contributed by atoms with Gasteiger partial charge in [-0.05, 0) is 38.4 Å². The monoisotopic (exact) mass is 352 g/mol. The normalized spacial score (nSPS) is 15.4. The number of benzene rings is 1. The molecule has 0 unspecified atom stereocenters. The van der Waals surface area contributed by atoms with Crippen LogP contribution in [0, 0.1) is 5.82 Å². The van der Waals surface area contributed by atoms with E-state index < -0.39 is 11.8 Å². The molecule has 1 aliphatic heterocycles. The van der Waals surface area contributed by atoms with Gasteiger partial charge >= 0.3 is 5.97 Å². The number of hydrogen-bond acceptors (Lipinski definition) is 4. The first-order chi connectivity index (χ1) is 12.0. The van der Waals surface area contributed by atoms with Gasteiger partial charge in [0.2, 0.25) is 0 Å². The van der Waals surface area contributed by atoms with Gasteiger partial charge in [0.25, 0.3) is 5.91 Å². The Bertz CT molecular complexity index is 615. The lowest BCUT2D eigenvalue weighted by Gasteiger charge is -2.37. The van der Waals surface area contributed by atoms with Gasteiger partial charge < -0.3 is 14.7 Å². The number of piperidine rings is 1. The summed E-state index contributed by atoms with van der Waals surface area (Å²) in [5.74, 6) is -1.64. The van der Waals surface area contributed by atoms with Crippen LogP contribution in [0.5, 0.6) is 5.75 Å². The summed E-state index contributed by atoms with van der Waals surface area (Å²) in [6.45, 7) is 5.65. The number of carbonyl (C=O) groups excluding carboxylic acids is 1. The van der Waals surface area contributed by atoms with E-state index in [0.29, 0.717) is 32.5 Å². The maximum Gasteiger partial charge on any atom is 0.317 e. The minimum Gasteiger partial charge on any atom is -0.490 e. The summed E-state index contributed by atoms with van der Waals surface area (Å²) >= 11 is 0. The fraction of sp³-hybridized carbons (Fsp3) is 0.556. The van der Waals surface area contributed by atoms with Crippen LogP contribution < -0.4 is 4.74 Å². The molecular weight excluding hydrogens is 327 g/mol. The second-order valence-corrected chi connectivity index (χ2v) is 6.03. The third kappa shape index (κ3) is 4.69. The van der Waals surface area contributed by atoms with E-state index in [2.05, 4.69) is 0 Å². The molecule has 1 saturated heterocycles. The molecule has 1 fully saturated rings. The zero-order valence-corrected chi connectivity index (χ0v) is 14.7. The summed E-state index contributed by atoms with van der Waals surface area (Å²) in [5.41, 5.74) is 0.234. The minimum atomic E-state index is -0.846. The van der Waals surface area contributed by atoms with Crippen molar-refractivity contribution >= 4 is 11.9 Å². The summed E-state index contributed by atoms with van der Waals surface area (Å²) < 4.78 is 19.2. The number of carboxylic acid groups (broad SMARTS) is 1. The highest BCUT2D eigenvalue weighted by atomic mass is 19.1. The van der Waals surface area contributed by atoms with Gasteiger partial charge in [0.1, 0.15) is 0 Å². The number of carboxylic acids is 1. The van der Waals surface area contributed by atoms with Crippen molar-refractivity contribution in [2.75, 3.05) is 32.8 Å². The third-order valence-corrected chi connectivity index (χ3v) is 4.50. The Morgan fingerprint density at radius 1 is 1.32 bits per heavy atom. The summed E-state index contributed by atoms with van der Waals surface area (Å²) in [4.78, 5) is 27.3. The fourth-order valence-electron chi connectivity index (χ4n) is 3.25. The molecular formula is C18H25FN2O4. The van der Waals surface area contributed by atoms with Crippen LogP contribution in [-0.2, 0) is 4.79 Å². The Kier molecular flexibility index (Phi) is 6.75.